The van der Waals surface area contributed by atoms with Gasteiger partial charge in [-0.05, 0) is 43.0 Å². The fraction of sp³-hybridized carbons (Fsp3) is 0.381. The number of hydrogen-bond acceptors (Lipinski definition) is 7. The van der Waals surface area contributed by atoms with Gasteiger partial charge in [-0.3, -0.25) is 9.59 Å². The molecule has 1 atom stereocenters. The highest BCUT2D eigenvalue weighted by molar-refractivity contribution is 6.01. The van der Waals surface area contributed by atoms with E-state index >= 15 is 0 Å². The number of ether oxygens (including phenoxy) is 4. The molecule has 0 radical (unpaired) electrons. The highest BCUT2D eigenvalue weighted by atomic mass is 16.5. The third kappa shape index (κ3) is 3.83. The third-order valence-electron chi connectivity index (χ3n) is 4.96. The molecule has 1 heterocycles. The van der Waals surface area contributed by atoms with E-state index in [1.165, 1.54) is 27.4 Å². The Morgan fingerprint density at radius 3 is 2.24 bits per heavy atom. The highest BCUT2D eigenvalue weighted by Gasteiger charge is 2.30. The second-order valence-electron chi connectivity index (χ2n) is 6.61. The van der Waals surface area contributed by atoms with Gasteiger partial charge in [0.05, 0.1) is 27.9 Å². The van der Waals surface area contributed by atoms with Crippen LogP contribution < -0.4 is 19.8 Å². The lowest BCUT2D eigenvalue weighted by atomic mass is 9.81. The normalized spacial score (nSPS) is 15.4. The Morgan fingerprint density at radius 1 is 1.03 bits per heavy atom. The predicted molar refractivity (Wildman–Crippen MR) is 105 cm³/mol. The number of fused-ring (bicyclic) bond motifs is 1. The molecule has 1 aliphatic carbocycles. The van der Waals surface area contributed by atoms with Crippen molar-refractivity contribution in [2.24, 2.45) is 0 Å². The minimum atomic E-state index is -0.740. The van der Waals surface area contributed by atoms with Crippen LogP contribution in [0.1, 0.15) is 51.2 Å². The molecule has 1 N–H and O–H groups in total. The number of H-pyrrole nitrogens is 1. The average molecular weight is 401 g/mol. The highest BCUT2D eigenvalue weighted by Crippen LogP contribution is 2.42. The number of carbonyl (C=O) groups is 2. The Morgan fingerprint density at radius 2 is 1.69 bits per heavy atom. The zero-order valence-corrected chi connectivity index (χ0v) is 16.8. The maximum Gasteiger partial charge on any atom is 0.343 e. The summed E-state index contributed by atoms with van der Waals surface area (Å²) in [6.07, 6.45) is 0.651. The quantitative estimate of drug-likeness (QED) is 0.742. The van der Waals surface area contributed by atoms with Crippen LogP contribution >= 0.6 is 0 Å². The van der Waals surface area contributed by atoms with E-state index in [4.69, 9.17) is 18.9 Å². The first-order chi connectivity index (χ1) is 13.9. The van der Waals surface area contributed by atoms with Gasteiger partial charge in [0.2, 0.25) is 5.75 Å². The molecule has 1 aliphatic rings. The topological polar surface area (TPSA) is 104 Å². The molecule has 8 heteroatoms. The zero-order valence-electron chi connectivity index (χ0n) is 16.8. The molecular weight excluding hydrogens is 378 g/mol. The summed E-state index contributed by atoms with van der Waals surface area (Å²) in [6.45, 7) is 1.80. The van der Waals surface area contributed by atoms with Gasteiger partial charge in [0.15, 0.2) is 17.3 Å². The Labute approximate surface area is 167 Å². The van der Waals surface area contributed by atoms with Crippen molar-refractivity contribution in [1.29, 1.82) is 0 Å². The number of aromatic amines is 1. The fourth-order valence-electron chi connectivity index (χ4n) is 3.56. The Bertz CT molecular complexity index is 984. The van der Waals surface area contributed by atoms with Crippen LogP contribution in [-0.2, 0) is 11.2 Å². The molecule has 2 aromatic rings. The predicted octanol–water partition coefficient (Wildman–Crippen LogP) is 2.49. The smallest absolute Gasteiger partial charge is 0.343 e. The summed E-state index contributed by atoms with van der Waals surface area (Å²) in [5.41, 5.74) is 0.939. The molecule has 8 nitrogen and oxygen atoms in total. The van der Waals surface area contributed by atoms with Crippen LogP contribution in [-0.4, -0.2) is 44.7 Å². The number of carbonyl (C=O) groups excluding carboxylic acids is 2. The number of esters is 1. The van der Waals surface area contributed by atoms with Gasteiger partial charge < -0.3 is 23.9 Å². The lowest BCUT2D eigenvalue weighted by Crippen LogP contribution is -2.28. The molecule has 3 rings (SSSR count). The van der Waals surface area contributed by atoms with E-state index in [0.29, 0.717) is 34.9 Å². The van der Waals surface area contributed by atoms with Crippen molar-refractivity contribution in [2.75, 3.05) is 27.9 Å². The summed E-state index contributed by atoms with van der Waals surface area (Å²) in [5, 5.41) is 0. The number of nitrogens with one attached hydrogen (secondary N) is 1. The molecule has 1 aromatic carbocycles. The molecule has 29 heavy (non-hydrogen) atoms. The van der Waals surface area contributed by atoms with E-state index in [2.05, 4.69) is 4.98 Å². The third-order valence-corrected chi connectivity index (χ3v) is 4.96. The number of methoxy groups -OCH3 is 3. The summed E-state index contributed by atoms with van der Waals surface area (Å²) >= 11 is 0. The van der Waals surface area contributed by atoms with E-state index in [1.807, 2.05) is 0 Å². The summed E-state index contributed by atoms with van der Waals surface area (Å²) in [7, 11) is 4.57. The molecule has 0 fully saturated rings. The number of ketones is 1. The monoisotopic (exact) mass is 401 g/mol. The average Bonchev–Trinajstić information content (AvgIpc) is 2.72. The molecule has 0 spiro atoms. The van der Waals surface area contributed by atoms with Crippen molar-refractivity contribution in [3.63, 3.8) is 0 Å². The molecule has 1 aromatic heterocycles. The van der Waals surface area contributed by atoms with Gasteiger partial charge >= 0.3 is 5.97 Å². The van der Waals surface area contributed by atoms with Crippen molar-refractivity contribution < 1.29 is 28.5 Å². The standard InChI is InChI=1S/C21H23NO7/c1-5-29-21(25)14-10-13-15(22-20(14)24)6-11(7-16(13)23)12-8-17(26-2)19(28-4)18(9-12)27-3/h8-11H,5-7H2,1-4H3,(H,22,24)/t11-/m1/s1. The van der Waals surface area contributed by atoms with Gasteiger partial charge in [0.25, 0.3) is 5.56 Å². The SMILES string of the molecule is CCOC(=O)c1cc2c([nH]c1=O)C[C@@H](c1cc(OC)c(OC)c(OC)c1)CC2=O. The Hall–Kier alpha value is -3.29. The van der Waals surface area contributed by atoms with E-state index in [9.17, 15) is 14.4 Å². The minimum Gasteiger partial charge on any atom is -0.493 e. The first-order valence-electron chi connectivity index (χ1n) is 9.19. The lowest BCUT2D eigenvalue weighted by Gasteiger charge is -2.25. The van der Waals surface area contributed by atoms with Gasteiger partial charge in [0.1, 0.15) is 5.56 Å². The van der Waals surface area contributed by atoms with Crippen molar-refractivity contribution in [3.05, 3.63) is 50.9 Å². The minimum absolute atomic E-state index is 0.145. The van der Waals surface area contributed by atoms with Crippen LogP contribution in [0.5, 0.6) is 17.2 Å². The van der Waals surface area contributed by atoms with Gasteiger partial charge in [-0.2, -0.15) is 0 Å². The van der Waals surface area contributed by atoms with Crippen LogP contribution in [0.3, 0.4) is 0 Å². The molecule has 0 saturated carbocycles. The number of benzene rings is 1. The summed E-state index contributed by atoms with van der Waals surface area (Å²) in [6, 6.07) is 4.94. The summed E-state index contributed by atoms with van der Waals surface area (Å²) in [4.78, 5) is 39.7. The van der Waals surface area contributed by atoms with Gasteiger partial charge in [-0.1, -0.05) is 0 Å². The van der Waals surface area contributed by atoms with Crippen LogP contribution in [0, 0.1) is 0 Å². The first kappa shape index (κ1) is 20.4. The Kier molecular flexibility index (Phi) is 5.91. The van der Waals surface area contributed by atoms with Crippen molar-refractivity contribution >= 4 is 11.8 Å². The van der Waals surface area contributed by atoms with Crippen molar-refractivity contribution in [2.45, 2.75) is 25.7 Å². The molecule has 0 bridgehead atoms. The number of aromatic nitrogens is 1. The zero-order chi connectivity index (χ0) is 21.1. The number of hydrogen-bond donors (Lipinski definition) is 1. The maximum atomic E-state index is 12.8. The van der Waals surface area contributed by atoms with Crippen LogP contribution in [0.25, 0.3) is 0 Å². The Balaban J connectivity index is 2.00. The van der Waals surface area contributed by atoms with E-state index in [1.54, 1.807) is 19.1 Å². The molecule has 0 saturated heterocycles. The van der Waals surface area contributed by atoms with E-state index < -0.39 is 11.5 Å². The molecule has 154 valence electrons. The van der Waals surface area contributed by atoms with Crippen molar-refractivity contribution in [1.82, 2.24) is 4.98 Å². The summed E-state index contributed by atoms with van der Waals surface area (Å²) in [5.74, 6) is 0.363. The van der Waals surface area contributed by atoms with Crippen molar-refractivity contribution in [3.8, 4) is 17.2 Å². The maximum absolute atomic E-state index is 12.8. The first-order valence-corrected chi connectivity index (χ1v) is 9.19. The number of pyridine rings is 1. The van der Waals surface area contributed by atoms with Gasteiger partial charge in [-0.25, -0.2) is 4.79 Å². The second kappa shape index (κ2) is 8.38. The van der Waals surface area contributed by atoms with Crippen LogP contribution in [0.15, 0.2) is 23.0 Å². The van der Waals surface area contributed by atoms with Gasteiger partial charge in [0, 0.05) is 17.7 Å². The molecular formula is C21H23NO7. The number of rotatable bonds is 6. The largest absolute Gasteiger partial charge is 0.493 e. The fourth-order valence-corrected chi connectivity index (χ4v) is 3.56. The summed E-state index contributed by atoms with van der Waals surface area (Å²) < 4.78 is 21.0. The lowest BCUT2D eigenvalue weighted by molar-refractivity contribution is 0.0524. The number of Topliss-reactive ketones (excluding diaryl/α,β-unsaturated/α-hetero) is 1. The second-order valence-corrected chi connectivity index (χ2v) is 6.61. The van der Waals surface area contributed by atoms with Gasteiger partial charge in [-0.15, -0.1) is 0 Å². The molecule has 0 aliphatic heterocycles. The van der Waals surface area contributed by atoms with E-state index in [0.717, 1.165) is 5.56 Å². The van der Waals surface area contributed by atoms with Crippen LogP contribution in [0.4, 0.5) is 0 Å². The molecule has 0 amide bonds. The molecule has 0 unspecified atom stereocenters. The van der Waals surface area contributed by atoms with E-state index in [-0.39, 0.29) is 30.3 Å². The van der Waals surface area contributed by atoms with Crippen LogP contribution in [0.2, 0.25) is 0 Å².